The van der Waals surface area contributed by atoms with Gasteiger partial charge in [0.15, 0.2) is 0 Å². The lowest BCUT2D eigenvalue weighted by Gasteiger charge is -2.14. The Hall–Kier alpha value is -1.56. The van der Waals surface area contributed by atoms with Crippen molar-refractivity contribution in [2.45, 2.75) is 46.0 Å². The third kappa shape index (κ3) is 1.90. The van der Waals surface area contributed by atoms with E-state index in [0.29, 0.717) is 11.8 Å². The van der Waals surface area contributed by atoms with E-state index in [9.17, 15) is 0 Å². The fourth-order valence-electron chi connectivity index (χ4n) is 3.34. The van der Waals surface area contributed by atoms with E-state index >= 15 is 0 Å². The van der Waals surface area contributed by atoms with Crippen molar-refractivity contribution in [2.24, 2.45) is 0 Å². The molecular weight excluding hydrogens is 228 g/mol. The van der Waals surface area contributed by atoms with Gasteiger partial charge in [-0.1, -0.05) is 64.1 Å². The van der Waals surface area contributed by atoms with Crippen LogP contribution in [-0.4, -0.2) is 0 Å². The highest BCUT2D eigenvalue weighted by Crippen LogP contribution is 2.43. The van der Waals surface area contributed by atoms with Crippen LogP contribution in [0.15, 0.2) is 36.4 Å². The highest BCUT2D eigenvalue weighted by atomic mass is 14.3. The Morgan fingerprint density at radius 2 is 1.42 bits per heavy atom. The summed E-state index contributed by atoms with van der Waals surface area (Å²) in [6, 6.07) is 13.6. The number of benzene rings is 2. The second kappa shape index (κ2) is 4.52. The Balaban J connectivity index is 2.25. The lowest BCUT2D eigenvalue weighted by molar-refractivity contribution is 0.852. The molecule has 0 aromatic heterocycles. The smallest absolute Gasteiger partial charge is 0.00105 e. The van der Waals surface area contributed by atoms with Crippen molar-refractivity contribution < 1.29 is 0 Å². The van der Waals surface area contributed by atoms with Gasteiger partial charge in [0, 0.05) is 0 Å². The quantitative estimate of drug-likeness (QED) is 0.563. The summed E-state index contributed by atoms with van der Waals surface area (Å²) in [6.45, 7) is 9.17. The first kappa shape index (κ1) is 12.5. The van der Waals surface area contributed by atoms with Crippen molar-refractivity contribution in [1.29, 1.82) is 0 Å². The van der Waals surface area contributed by atoms with Gasteiger partial charge in [-0.25, -0.2) is 0 Å². The van der Waals surface area contributed by atoms with Crippen LogP contribution in [0, 0.1) is 0 Å². The minimum atomic E-state index is 0.587. The largest absolute Gasteiger partial charge is 0.0617 e. The number of hydrogen-bond acceptors (Lipinski definition) is 0. The molecule has 0 radical (unpaired) electrons. The first-order valence-corrected chi connectivity index (χ1v) is 7.33. The molecule has 3 rings (SSSR count). The van der Waals surface area contributed by atoms with Crippen molar-refractivity contribution in [3.05, 3.63) is 58.7 Å². The summed E-state index contributed by atoms with van der Waals surface area (Å²) in [4.78, 5) is 0. The van der Waals surface area contributed by atoms with Crippen molar-refractivity contribution in [3.8, 4) is 11.1 Å². The highest BCUT2D eigenvalue weighted by Gasteiger charge is 2.24. The van der Waals surface area contributed by atoms with Gasteiger partial charge in [0.2, 0.25) is 0 Å². The van der Waals surface area contributed by atoms with Crippen LogP contribution in [0.5, 0.6) is 0 Å². The molecule has 0 fully saturated rings. The van der Waals surface area contributed by atoms with E-state index in [0.717, 1.165) is 6.42 Å². The van der Waals surface area contributed by atoms with Crippen molar-refractivity contribution in [2.75, 3.05) is 0 Å². The van der Waals surface area contributed by atoms with Crippen LogP contribution in [0.2, 0.25) is 0 Å². The second-order valence-electron chi connectivity index (χ2n) is 6.24. The molecular formula is C19H22. The Bertz CT molecular complexity index is 618. The lowest BCUT2D eigenvalue weighted by Crippen LogP contribution is -1.94. The van der Waals surface area contributed by atoms with Crippen molar-refractivity contribution in [1.82, 2.24) is 0 Å². The highest BCUT2D eigenvalue weighted by molar-refractivity contribution is 5.81. The topological polar surface area (TPSA) is 0 Å². The molecule has 2 aromatic rings. The van der Waals surface area contributed by atoms with E-state index in [1.54, 1.807) is 5.56 Å². The minimum absolute atomic E-state index is 0.587. The van der Waals surface area contributed by atoms with Gasteiger partial charge in [-0.05, 0) is 51.6 Å². The van der Waals surface area contributed by atoms with E-state index in [2.05, 4.69) is 64.1 Å². The molecule has 0 saturated carbocycles. The number of hydrogen-bond donors (Lipinski definition) is 0. The number of fused-ring (bicyclic) bond motifs is 3. The van der Waals surface area contributed by atoms with Gasteiger partial charge in [0.25, 0.3) is 0 Å². The molecule has 1 aliphatic rings. The molecule has 2 aromatic carbocycles. The summed E-state index contributed by atoms with van der Waals surface area (Å²) in [6.07, 6.45) is 1.11. The zero-order valence-electron chi connectivity index (χ0n) is 12.3. The molecule has 0 bridgehead atoms. The molecule has 19 heavy (non-hydrogen) atoms. The van der Waals surface area contributed by atoms with E-state index in [1.807, 2.05) is 0 Å². The molecule has 0 atom stereocenters. The van der Waals surface area contributed by atoms with Gasteiger partial charge >= 0.3 is 0 Å². The molecule has 0 spiro atoms. The van der Waals surface area contributed by atoms with Gasteiger partial charge in [-0.15, -0.1) is 0 Å². The fraction of sp³-hybridized carbons (Fsp3) is 0.368. The number of rotatable bonds is 2. The van der Waals surface area contributed by atoms with E-state index < -0.39 is 0 Å². The molecule has 0 heteroatoms. The summed E-state index contributed by atoms with van der Waals surface area (Å²) < 4.78 is 0. The normalized spacial score (nSPS) is 12.9. The fourth-order valence-corrected chi connectivity index (χ4v) is 3.34. The molecule has 0 aliphatic heterocycles. The first-order valence-electron chi connectivity index (χ1n) is 7.33. The third-order valence-electron chi connectivity index (χ3n) is 4.28. The summed E-state index contributed by atoms with van der Waals surface area (Å²) in [7, 11) is 0. The van der Waals surface area contributed by atoms with Crippen LogP contribution in [0.25, 0.3) is 11.1 Å². The van der Waals surface area contributed by atoms with Crippen molar-refractivity contribution in [3.63, 3.8) is 0 Å². The van der Waals surface area contributed by atoms with Crippen LogP contribution >= 0.6 is 0 Å². The minimum Gasteiger partial charge on any atom is -0.0617 e. The van der Waals surface area contributed by atoms with E-state index in [-0.39, 0.29) is 0 Å². The Kier molecular flexibility index (Phi) is 2.97. The molecule has 1 aliphatic carbocycles. The Morgan fingerprint density at radius 3 is 2.11 bits per heavy atom. The predicted molar refractivity (Wildman–Crippen MR) is 82.9 cm³/mol. The first-order chi connectivity index (χ1) is 9.09. The summed E-state index contributed by atoms with van der Waals surface area (Å²) in [5.41, 5.74) is 9.07. The van der Waals surface area contributed by atoms with Gasteiger partial charge in [-0.3, -0.25) is 0 Å². The maximum Gasteiger partial charge on any atom is -0.00105 e. The van der Waals surface area contributed by atoms with Crippen LogP contribution in [-0.2, 0) is 6.42 Å². The zero-order chi connectivity index (χ0) is 13.6. The van der Waals surface area contributed by atoms with Gasteiger partial charge in [-0.2, -0.15) is 0 Å². The summed E-state index contributed by atoms with van der Waals surface area (Å²) in [5, 5.41) is 0. The lowest BCUT2D eigenvalue weighted by atomic mass is 9.90. The van der Waals surface area contributed by atoms with E-state index in [1.165, 1.54) is 27.8 Å². The Labute approximate surface area is 116 Å². The van der Waals surface area contributed by atoms with Crippen molar-refractivity contribution >= 4 is 0 Å². The SMILES string of the molecule is CC(C)c1cccc2c1Cc1cccc(C(C)C)c1-2. The molecule has 0 saturated heterocycles. The average molecular weight is 250 g/mol. The molecule has 0 nitrogen and oxygen atoms in total. The van der Waals surface area contributed by atoms with Gasteiger partial charge in [0.1, 0.15) is 0 Å². The predicted octanol–water partition coefficient (Wildman–Crippen LogP) is 5.50. The second-order valence-corrected chi connectivity index (χ2v) is 6.24. The van der Waals surface area contributed by atoms with Gasteiger partial charge in [0.05, 0.1) is 0 Å². The summed E-state index contributed by atoms with van der Waals surface area (Å²) >= 11 is 0. The molecule has 0 heterocycles. The van der Waals surface area contributed by atoms with Gasteiger partial charge < -0.3 is 0 Å². The molecule has 0 amide bonds. The molecule has 0 N–H and O–H groups in total. The maximum absolute atomic E-state index is 2.30. The van der Waals surface area contributed by atoms with Crippen LogP contribution in [0.3, 0.4) is 0 Å². The Morgan fingerprint density at radius 1 is 0.789 bits per heavy atom. The van der Waals surface area contributed by atoms with Crippen LogP contribution < -0.4 is 0 Å². The van der Waals surface area contributed by atoms with E-state index in [4.69, 9.17) is 0 Å². The van der Waals surface area contributed by atoms with Crippen LogP contribution in [0.1, 0.15) is 61.8 Å². The van der Waals surface area contributed by atoms with Crippen LogP contribution in [0.4, 0.5) is 0 Å². The average Bonchev–Trinajstić information content (AvgIpc) is 2.76. The summed E-state index contributed by atoms with van der Waals surface area (Å²) in [5.74, 6) is 1.19. The third-order valence-corrected chi connectivity index (χ3v) is 4.28. The standard InChI is InChI=1S/C19H22/c1-12(2)15-8-6-10-17-18(15)11-14-7-5-9-16(13(3)4)19(14)17/h5-10,12-13H,11H2,1-4H3. The molecule has 98 valence electrons. The maximum atomic E-state index is 2.30. The zero-order valence-corrected chi connectivity index (χ0v) is 12.3. The monoisotopic (exact) mass is 250 g/mol. The molecule has 0 unspecified atom stereocenters.